The second-order valence-electron chi connectivity index (χ2n) is 7.53. The van der Waals surface area contributed by atoms with Gasteiger partial charge in [-0.1, -0.05) is 39.0 Å². The van der Waals surface area contributed by atoms with Crippen LogP contribution in [0.25, 0.3) is 0 Å². The van der Waals surface area contributed by atoms with Crippen molar-refractivity contribution < 1.29 is 9.13 Å². The van der Waals surface area contributed by atoms with Gasteiger partial charge in [0.2, 0.25) is 0 Å². The molecule has 0 atom stereocenters. The Morgan fingerprint density at radius 1 is 1.09 bits per heavy atom. The van der Waals surface area contributed by atoms with E-state index in [4.69, 9.17) is 10.00 Å². The van der Waals surface area contributed by atoms with E-state index in [-0.39, 0.29) is 5.92 Å². The number of hydrogen-bond acceptors (Lipinski definition) is 2. The van der Waals surface area contributed by atoms with Crippen molar-refractivity contribution in [3.05, 3.63) is 11.9 Å². The van der Waals surface area contributed by atoms with Crippen molar-refractivity contribution in [1.82, 2.24) is 0 Å². The van der Waals surface area contributed by atoms with Crippen LogP contribution in [0.5, 0.6) is 0 Å². The molecule has 2 saturated carbocycles. The highest BCUT2D eigenvalue weighted by molar-refractivity contribution is 5.13. The van der Waals surface area contributed by atoms with Crippen LogP contribution in [0.2, 0.25) is 0 Å². The van der Waals surface area contributed by atoms with Gasteiger partial charge in [0, 0.05) is 6.61 Å². The first-order valence-corrected chi connectivity index (χ1v) is 9.60. The molecule has 0 aromatic carbocycles. The van der Waals surface area contributed by atoms with Crippen molar-refractivity contribution in [2.45, 2.75) is 83.7 Å². The van der Waals surface area contributed by atoms with Gasteiger partial charge in [-0.15, -0.1) is 0 Å². The minimum absolute atomic E-state index is 0.225. The molecule has 2 aliphatic carbocycles. The van der Waals surface area contributed by atoms with Crippen molar-refractivity contribution >= 4 is 0 Å². The summed E-state index contributed by atoms with van der Waals surface area (Å²) in [6.45, 7) is 3.19. The number of halogens is 1. The molecule has 3 heteroatoms. The number of rotatable bonds is 7. The standard InChI is InChI=1S/C20H32FNO/c1-2-3-4-16-5-7-18(8-6-16)15-23-20-11-9-17(10-12-20)13-19(21)14-22/h13,16-18,20H,2-12,15H2,1H3/b19-13+. The SMILES string of the molecule is CCCCC1CCC(COC2CCC(/C=C(/F)C#N)CC2)CC1. The first-order valence-electron chi connectivity index (χ1n) is 9.60. The van der Waals surface area contributed by atoms with E-state index < -0.39 is 5.83 Å². The quantitative estimate of drug-likeness (QED) is 0.544. The summed E-state index contributed by atoms with van der Waals surface area (Å²) in [6.07, 6.45) is 15.3. The molecule has 2 rings (SSSR count). The Hall–Kier alpha value is -0.880. The molecule has 23 heavy (non-hydrogen) atoms. The molecule has 0 spiro atoms. The van der Waals surface area contributed by atoms with Crippen LogP contribution in [0.1, 0.15) is 77.6 Å². The number of unbranched alkanes of at least 4 members (excludes halogenated alkanes) is 1. The molecule has 0 saturated heterocycles. The molecule has 0 N–H and O–H groups in total. The largest absolute Gasteiger partial charge is 0.378 e. The van der Waals surface area contributed by atoms with Gasteiger partial charge in [0.05, 0.1) is 6.10 Å². The van der Waals surface area contributed by atoms with Crippen molar-refractivity contribution in [2.24, 2.45) is 17.8 Å². The van der Waals surface area contributed by atoms with Gasteiger partial charge in [0.25, 0.3) is 0 Å². The van der Waals surface area contributed by atoms with Gasteiger partial charge in [-0.05, 0) is 62.4 Å². The fourth-order valence-electron chi connectivity index (χ4n) is 4.12. The molecule has 0 unspecified atom stereocenters. The molecule has 0 amide bonds. The van der Waals surface area contributed by atoms with E-state index in [1.165, 1.54) is 51.0 Å². The molecule has 2 nitrogen and oxygen atoms in total. The zero-order valence-electron chi connectivity index (χ0n) is 14.6. The first-order chi connectivity index (χ1) is 11.2. The van der Waals surface area contributed by atoms with Gasteiger partial charge in [-0.2, -0.15) is 9.65 Å². The minimum Gasteiger partial charge on any atom is -0.378 e. The van der Waals surface area contributed by atoms with Crippen LogP contribution in [-0.4, -0.2) is 12.7 Å². The summed E-state index contributed by atoms with van der Waals surface area (Å²) in [5.41, 5.74) is 0. The Morgan fingerprint density at radius 3 is 2.35 bits per heavy atom. The van der Waals surface area contributed by atoms with Crippen LogP contribution >= 0.6 is 0 Å². The van der Waals surface area contributed by atoms with E-state index >= 15 is 0 Å². The van der Waals surface area contributed by atoms with Crippen LogP contribution in [0.3, 0.4) is 0 Å². The van der Waals surface area contributed by atoms with E-state index in [0.717, 1.165) is 44.1 Å². The van der Waals surface area contributed by atoms with Crippen molar-refractivity contribution in [2.75, 3.05) is 6.61 Å². The predicted octanol–water partition coefficient (Wildman–Crippen LogP) is 5.94. The zero-order valence-corrected chi connectivity index (χ0v) is 14.6. The number of allylic oxidation sites excluding steroid dienone is 2. The minimum atomic E-state index is -0.630. The molecule has 2 fully saturated rings. The molecule has 2 aliphatic rings. The first kappa shape index (κ1) is 18.5. The zero-order chi connectivity index (χ0) is 16.5. The molecule has 0 bridgehead atoms. The van der Waals surface area contributed by atoms with Gasteiger partial charge in [-0.3, -0.25) is 0 Å². The average Bonchev–Trinajstić information content (AvgIpc) is 2.60. The normalized spacial score (nSPS) is 32.5. The Balaban J connectivity index is 1.59. The maximum absolute atomic E-state index is 13.0. The van der Waals surface area contributed by atoms with Crippen molar-refractivity contribution in [1.29, 1.82) is 5.26 Å². The summed E-state index contributed by atoms with van der Waals surface area (Å²) < 4.78 is 19.1. The Morgan fingerprint density at radius 2 is 1.74 bits per heavy atom. The van der Waals surface area contributed by atoms with Gasteiger partial charge >= 0.3 is 0 Å². The smallest absolute Gasteiger partial charge is 0.196 e. The second kappa shape index (κ2) is 10.1. The lowest BCUT2D eigenvalue weighted by Crippen LogP contribution is -2.25. The average molecular weight is 321 g/mol. The predicted molar refractivity (Wildman–Crippen MR) is 91.5 cm³/mol. The van der Waals surface area contributed by atoms with E-state index in [1.807, 2.05) is 0 Å². The third-order valence-corrected chi connectivity index (χ3v) is 5.71. The maximum atomic E-state index is 13.0. The Kier molecular flexibility index (Phi) is 8.09. The molecular formula is C20H32FNO. The van der Waals surface area contributed by atoms with Gasteiger partial charge in [0.15, 0.2) is 5.83 Å². The van der Waals surface area contributed by atoms with Crippen LogP contribution in [0, 0.1) is 29.1 Å². The molecular weight excluding hydrogens is 289 g/mol. The lowest BCUT2D eigenvalue weighted by atomic mass is 9.80. The monoisotopic (exact) mass is 321 g/mol. The molecule has 0 radical (unpaired) electrons. The van der Waals surface area contributed by atoms with Gasteiger partial charge in [-0.25, -0.2) is 0 Å². The third-order valence-electron chi connectivity index (χ3n) is 5.71. The molecule has 130 valence electrons. The van der Waals surface area contributed by atoms with E-state index in [0.29, 0.717) is 6.10 Å². The highest BCUT2D eigenvalue weighted by Gasteiger charge is 2.24. The fourth-order valence-corrected chi connectivity index (χ4v) is 4.12. The lowest BCUT2D eigenvalue weighted by Gasteiger charge is -2.31. The number of nitriles is 1. The molecule has 0 aromatic heterocycles. The number of nitrogens with zero attached hydrogens (tertiary/aromatic N) is 1. The van der Waals surface area contributed by atoms with Gasteiger partial charge < -0.3 is 4.74 Å². The second-order valence-corrected chi connectivity index (χ2v) is 7.53. The van der Waals surface area contributed by atoms with Gasteiger partial charge in [0.1, 0.15) is 6.07 Å². The highest BCUT2D eigenvalue weighted by atomic mass is 19.1. The summed E-state index contributed by atoms with van der Waals surface area (Å²) in [4.78, 5) is 0. The third kappa shape index (κ3) is 6.63. The van der Waals surface area contributed by atoms with Crippen LogP contribution in [0.4, 0.5) is 4.39 Å². The molecule has 0 heterocycles. The summed E-state index contributed by atoms with van der Waals surface area (Å²) in [6, 6.07) is 1.57. The summed E-state index contributed by atoms with van der Waals surface area (Å²) in [5, 5.41) is 8.49. The molecule has 0 aliphatic heterocycles. The fraction of sp³-hybridized carbons (Fsp3) is 0.850. The number of hydrogen-bond donors (Lipinski definition) is 0. The maximum Gasteiger partial charge on any atom is 0.196 e. The lowest BCUT2D eigenvalue weighted by molar-refractivity contribution is -0.00671. The van der Waals surface area contributed by atoms with Crippen LogP contribution in [-0.2, 0) is 4.74 Å². The van der Waals surface area contributed by atoms with E-state index in [1.54, 1.807) is 6.07 Å². The van der Waals surface area contributed by atoms with Crippen LogP contribution in [0.15, 0.2) is 11.9 Å². The molecule has 0 aromatic rings. The summed E-state index contributed by atoms with van der Waals surface area (Å²) in [5.74, 6) is 1.31. The Labute approximate surface area is 141 Å². The summed E-state index contributed by atoms with van der Waals surface area (Å²) >= 11 is 0. The summed E-state index contributed by atoms with van der Waals surface area (Å²) in [7, 11) is 0. The van der Waals surface area contributed by atoms with E-state index in [9.17, 15) is 4.39 Å². The van der Waals surface area contributed by atoms with E-state index in [2.05, 4.69) is 6.92 Å². The van der Waals surface area contributed by atoms with Crippen LogP contribution < -0.4 is 0 Å². The van der Waals surface area contributed by atoms with Crippen molar-refractivity contribution in [3.8, 4) is 6.07 Å². The number of ether oxygens (including phenoxy) is 1. The van der Waals surface area contributed by atoms with Crippen molar-refractivity contribution in [3.63, 3.8) is 0 Å². The topological polar surface area (TPSA) is 33.0 Å². The highest BCUT2D eigenvalue weighted by Crippen LogP contribution is 2.33. The Bertz CT molecular complexity index is 398.